The molecule has 1 N–H and O–H groups in total. The highest BCUT2D eigenvalue weighted by molar-refractivity contribution is 7.99. The SMILES string of the molecule is CC[C@@H](C(=O)NC)N(Cc1ccc(C)cc1)C(=O)CSCc1ccc(Cl)cc1. The summed E-state index contributed by atoms with van der Waals surface area (Å²) < 4.78 is 0. The molecule has 2 rings (SSSR count). The van der Waals surface area contributed by atoms with Crippen molar-refractivity contribution in [3.8, 4) is 0 Å². The first kappa shape index (κ1) is 22.3. The van der Waals surface area contributed by atoms with Gasteiger partial charge in [-0.05, 0) is 36.6 Å². The fraction of sp³-hybridized carbons (Fsp3) is 0.364. The lowest BCUT2D eigenvalue weighted by atomic mass is 10.1. The summed E-state index contributed by atoms with van der Waals surface area (Å²) in [4.78, 5) is 27.0. The summed E-state index contributed by atoms with van der Waals surface area (Å²) in [5.74, 6) is 0.876. The van der Waals surface area contributed by atoms with Crippen LogP contribution in [0.25, 0.3) is 0 Å². The number of benzene rings is 2. The number of thioether (sulfide) groups is 1. The van der Waals surface area contributed by atoms with Gasteiger partial charge in [0.25, 0.3) is 0 Å². The van der Waals surface area contributed by atoms with Gasteiger partial charge in [-0.2, -0.15) is 0 Å². The lowest BCUT2D eigenvalue weighted by Gasteiger charge is -2.30. The smallest absolute Gasteiger partial charge is 0.242 e. The molecule has 0 aromatic heterocycles. The number of nitrogens with one attached hydrogen (secondary N) is 1. The molecule has 1 atom stereocenters. The number of carbonyl (C=O) groups is 2. The van der Waals surface area contributed by atoms with Gasteiger partial charge in [0.1, 0.15) is 6.04 Å². The van der Waals surface area contributed by atoms with E-state index < -0.39 is 6.04 Å². The molecule has 0 bridgehead atoms. The Morgan fingerprint density at radius 3 is 2.25 bits per heavy atom. The molecule has 6 heteroatoms. The molecule has 150 valence electrons. The Labute approximate surface area is 176 Å². The number of aryl methyl sites for hydroxylation is 1. The number of amides is 2. The molecule has 0 heterocycles. The first-order chi connectivity index (χ1) is 13.4. The first-order valence-corrected chi connectivity index (χ1v) is 10.9. The molecule has 0 saturated heterocycles. The number of rotatable bonds is 9. The van der Waals surface area contributed by atoms with Crippen molar-refractivity contribution in [1.29, 1.82) is 0 Å². The zero-order valence-corrected chi connectivity index (χ0v) is 18.1. The second kappa shape index (κ2) is 11.1. The number of nitrogens with zero attached hydrogens (tertiary/aromatic N) is 1. The highest BCUT2D eigenvalue weighted by atomic mass is 35.5. The van der Waals surface area contributed by atoms with Crippen LogP contribution < -0.4 is 5.32 Å². The summed E-state index contributed by atoms with van der Waals surface area (Å²) >= 11 is 7.46. The van der Waals surface area contributed by atoms with E-state index in [-0.39, 0.29) is 11.8 Å². The van der Waals surface area contributed by atoms with Gasteiger partial charge in [0.15, 0.2) is 0 Å². The minimum Gasteiger partial charge on any atom is -0.357 e. The fourth-order valence-electron chi connectivity index (χ4n) is 2.90. The van der Waals surface area contributed by atoms with Crippen LogP contribution in [-0.4, -0.2) is 35.6 Å². The van der Waals surface area contributed by atoms with Gasteiger partial charge in [0.2, 0.25) is 11.8 Å². The predicted octanol–water partition coefficient (Wildman–Crippen LogP) is 4.44. The molecule has 2 aromatic rings. The maximum absolute atomic E-state index is 13.0. The van der Waals surface area contributed by atoms with Crippen LogP contribution in [0.5, 0.6) is 0 Å². The third-order valence-corrected chi connectivity index (χ3v) is 5.75. The zero-order chi connectivity index (χ0) is 20.5. The van der Waals surface area contributed by atoms with Crippen LogP contribution in [0.4, 0.5) is 0 Å². The van der Waals surface area contributed by atoms with Crippen LogP contribution in [0.3, 0.4) is 0 Å². The number of hydrogen-bond acceptors (Lipinski definition) is 3. The Kier molecular flexibility index (Phi) is 8.87. The lowest BCUT2D eigenvalue weighted by molar-refractivity contribution is -0.139. The molecular formula is C22H27ClN2O2S. The van der Waals surface area contributed by atoms with Gasteiger partial charge >= 0.3 is 0 Å². The van der Waals surface area contributed by atoms with E-state index in [1.807, 2.05) is 62.4 Å². The number of hydrogen-bond donors (Lipinski definition) is 1. The molecule has 4 nitrogen and oxygen atoms in total. The molecule has 2 amide bonds. The average molecular weight is 419 g/mol. The van der Waals surface area contributed by atoms with Crippen LogP contribution >= 0.6 is 23.4 Å². The van der Waals surface area contributed by atoms with Gasteiger partial charge in [-0.1, -0.05) is 60.5 Å². The van der Waals surface area contributed by atoms with E-state index in [4.69, 9.17) is 11.6 Å². The molecule has 0 radical (unpaired) electrons. The molecule has 0 aliphatic carbocycles. The summed E-state index contributed by atoms with van der Waals surface area (Å²) in [6, 6.07) is 15.2. The highest BCUT2D eigenvalue weighted by Crippen LogP contribution is 2.18. The van der Waals surface area contributed by atoms with Crippen molar-refractivity contribution in [2.45, 2.75) is 38.6 Å². The van der Waals surface area contributed by atoms with Crippen molar-refractivity contribution in [3.05, 3.63) is 70.2 Å². The van der Waals surface area contributed by atoms with Crippen molar-refractivity contribution < 1.29 is 9.59 Å². The standard InChI is InChI=1S/C22H27ClN2O2S/c1-4-20(22(27)24-3)25(13-17-7-5-16(2)6-8-17)21(26)15-28-14-18-9-11-19(23)12-10-18/h5-12,20H,4,13-15H2,1-3H3,(H,24,27)/t20-/m0/s1. The molecule has 0 unspecified atom stereocenters. The van der Waals surface area contributed by atoms with Gasteiger partial charge in [-0.15, -0.1) is 11.8 Å². The van der Waals surface area contributed by atoms with Crippen LogP contribution in [0.15, 0.2) is 48.5 Å². The number of likely N-dealkylation sites (N-methyl/N-ethyl adjacent to an activating group) is 1. The molecule has 0 aliphatic heterocycles. The minimum atomic E-state index is -0.477. The number of carbonyl (C=O) groups excluding carboxylic acids is 2. The second-order valence-corrected chi connectivity index (χ2v) is 8.09. The predicted molar refractivity (Wildman–Crippen MR) is 117 cm³/mol. The van der Waals surface area contributed by atoms with Gasteiger partial charge < -0.3 is 10.2 Å². The van der Waals surface area contributed by atoms with Gasteiger partial charge in [0.05, 0.1) is 5.75 Å². The summed E-state index contributed by atoms with van der Waals surface area (Å²) in [5.41, 5.74) is 3.30. The van der Waals surface area contributed by atoms with E-state index in [2.05, 4.69) is 5.32 Å². The van der Waals surface area contributed by atoms with Crippen molar-refractivity contribution in [2.24, 2.45) is 0 Å². The lowest BCUT2D eigenvalue weighted by Crippen LogP contribution is -2.48. The van der Waals surface area contributed by atoms with Crippen molar-refractivity contribution in [2.75, 3.05) is 12.8 Å². The van der Waals surface area contributed by atoms with E-state index in [9.17, 15) is 9.59 Å². The van der Waals surface area contributed by atoms with Crippen molar-refractivity contribution >= 4 is 35.2 Å². The second-order valence-electron chi connectivity index (χ2n) is 6.66. The highest BCUT2D eigenvalue weighted by Gasteiger charge is 2.27. The molecule has 2 aromatic carbocycles. The molecule has 0 saturated carbocycles. The Hall–Kier alpha value is -1.98. The molecule has 0 aliphatic rings. The third-order valence-electron chi connectivity index (χ3n) is 4.51. The van der Waals surface area contributed by atoms with E-state index >= 15 is 0 Å². The first-order valence-electron chi connectivity index (χ1n) is 9.33. The normalized spacial score (nSPS) is 11.7. The molecule has 28 heavy (non-hydrogen) atoms. The van der Waals surface area contributed by atoms with Gasteiger partial charge in [-0.25, -0.2) is 0 Å². The van der Waals surface area contributed by atoms with Crippen molar-refractivity contribution in [3.63, 3.8) is 0 Å². The summed E-state index contributed by atoms with van der Waals surface area (Å²) in [6.45, 7) is 4.38. The zero-order valence-electron chi connectivity index (χ0n) is 16.6. The van der Waals surface area contributed by atoms with Crippen LogP contribution in [0.2, 0.25) is 5.02 Å². The Morgan fingerprint density at radius 2 is 1.68 bits per heavy atom. The molecule has 0 spiro atoms. The van der Waals surface area contributed by atoms with E-state index in [1.165, 1.54) is 5.56 Å². The van der Waals surface area contributed by atoms with E-state index in [1.54, 1.807) is 23.7 Å². The van der Waals surface area contributed by atoms with Crippen LogP contribution in [0.1, 0.15) is 30.0 Å². The van der Waals surface area contributed by atoms with Crippen LogP contribution in [0, 0.1) is 6.92 Å². The maximum Gasteiger partial charge on any atom is 0.242 e. The van der Waals surface area contributed by atoms with E-state index in [0.29, 0.717) is 23.7 Å². The van der Waals surface area contributed by atoms with Crippen LogP contribution in [-0.2, 0) is 21.9 Å². The maximum atomic E-state index is 13.0. The van der Waals surface area contributed by atoms with Crippen molar-refractivity contribution in [1.82, 2.24) is 10.2 Å². The topological polar surface area (TPSA) is 49.4 Å². The Morgan fingerprint density at radius 1 is 1.07 bits per heavy atom. The van der Waals surface area contributed by atoms with Gasteiger partial charge in [-0.3, -0.25) is 9.59 Å². The largest absolute Gasteiger partial charge is 0.357 e. The monoisotopic (exact) mass is 418 g/mol. The fourth-order valence-corrected chi connectivity index (χ4v) is 3.89. The molecular weight excluding hydrogens is 392 g/mol. The Balaban J connectivity index is 2.07. The third kappa shape index (κ3) is 6.57. The quantitative estimate of drug-likeness (QED) is 0.655. The summed E-state index contributed by atoms with van der Waals surface area (Å²) in [5, 5.41) is 3.38. The number of halogens is 1. The molecule has 0 fully saturated rings. The summed E-state index contributed by atoms with van der Waals surface area (Å²) in [6.07, 6.45) is 0.569. The van der Waals surface area contributed by atoms with E-state index in [0.717, 1.165) is 16.9 Å². The van der Waals surface area contributed by atoms with Gasteiger partial charge in [0, 0.05) is 24.4 Å². The Bertz CT molecular complexity index is 778. The average Bonchev–Trinajstić information content (AvgIpc) is 2.70. The summed E-state index contributed by atoms with van der Waals surface area (Å²) in [7, 11) is 1.61. The minimum absolute atomic E-state index is 0.0324.